The van der Waals surface area contributed by atoms with Crippen LogP contribution in [-0.2, 0) is 6.54 Å². The van der Waals surface area contributed by atoms with Crippen molar-refractivity contribution in [1.29, 1.82) is 0 Å². The standard InChI is InChI=1S/C28H30ClN5O2/c1-35-26-15-27(36-2)24(29)14-23(26)25-17-33-10-7-19(13-28(33)32-25)31-20-11-21-3-4-22(12-20)34(21)16-18-5-8-30-9-6-18/h5-10,13-15,17,20-22,31H,3-4,11-12,16H2,1-2H3/t20-,21-,22+. The number of fused-ring (bicyclic) bond motifs is 3. The van der Waals surface area contributed by atoms with Crippen LogP contribution >= 0.6 is 11.6 Å². The number of aromatic nitrogens is 3. The molecule has 0 saturated carbocycles. The molecule has 2 bridgehead atoms. The topological polar surface area (TPSA) is 63.9 Å². The van der Waals surface area contributed by atoms with Crippen LogP contribution in [0.4, 0.5) is 5.69 Å². The number of rotatable bonds is 7. The van der Waals surface area contributed by atoms with Crippen LogP contribution in [0.3, 0.4) is 0 Å². The van der Waals surface area contributed by atoms with Crippen LogP contribution in [0.15, 0.2) is 61.2 Å². The second-order valence-corrected chi connectivity index (χ2v) is 10.1. The molecule has 6 rings (SSSR count). The summed E-state index contributed by atoms with van der Waals surface area (Å²) >= 11 is 6.39. The van der Waals surface area contributed by atoms with E-state index in [4.69, 9.17) is 26.1 Å². The first-order chi connectivity index (χ1) is 17.6. The summed E-state index contributed by atoms with van der Waals surface area (Å²) in [5, 5.41) is 4.33. The highest BCUT2D eigenvalue weighted by Crippen LogP contribution is 2.39. The van der Waals surface area contributed by atoms with Gasteiger partial charge >= 0.3 is 0 Å². The van der Waals surface area contributed by atoms with Crippen molar-refractivity contribution in [3.63, 3.8) is 0 Å². The Kier molecular flexibility index (Phi) is 6.19. The fourth-order valence-electron chi connectivity index (χ4n) is 5.85. The van der Waals surface area contributed by atoms with Gasteiger partial charge in [-0.15, -0.1) is 0 Å². The lowest BCUT2D eigenvalue weighted by molar-refractivity contribution is 0.124. The summed E-state index contributed by atoms with van der Waals surface area (Å²) in [5.74, 6) is 1.25. The molecule has 7 nitrogen and oxygen atoms in total. The van der Waals surface area contributed by atoms with Gasteiger partial charge < -0.3 is 19.2 Å². The number of pyridine rings is 2. The van der Waals surface area contributed by atoms with Crippen LogP contribution in [0.1, 0.15) is 31.2 Å². The summed E-state index contributed by atoms with van der Waals surface area (Å²) in [6.45, 7) is 1.02. The highest BCUT2D eigenvalue weighted by molar-refractivity contribution is 6.32. The molecular weight excluding hydrogens is 474 g/mol. The molecule has 8 heteroatoms. The first kappa shape index (κ1) is 23.1. The molecule has 2 saturated heterocycles. The first-order valence-corrected chi connectivity index (χ1v) is 12.8. The van der Waals surface area contributed by atoms with Gasteiger partial charge in [-0.25, -0.2) is 4.98 Å². The third kappa shape index (κ3) is 4.38. The largest absolute Gasteiger partial charge is 0.496 e. The lowest BCUT2D eigenvalue weighted by Gasteiger charge is -2.39. The molecule has 36 heavy (non-hydrogen) atoms. The van der Waals surface area contributed by atoms with Crippen LogP contribution in [0.25, 0.3) is 16.9 Å². The minimum atomic E-state index is 0.466. The van der Waals surface area contributed by atoms with E-state index in [9.17, 15) is 0 Å². The second kappa shape index (κ2) is 9.64. The summed E-state index contributed by atoms with van der Waals surface area (Å²) in [6, 6.07) is 13.9. The van der Waals surface area contributed by atoms with Crippen molar-refractivity contribution in [3.8, 4) is 22.8 Å². The van der Waals surface area contributed by atoms with Crippen LogP contribution < -0.4 is 14.8 Å². The minimum Gasteiger partial charge on any atom is -0.496 e. The van der Waals surface area contributed by atoms with Crippen molar-refractivity contribution in [2.75, 3.05) is 19.5 Å². The van der Waals surface area contributed by atoms with Crippen molar-refractivity contribution in [2.45, 2.75) is 50.4 Å². The van der Waals surface area contributed by atoms with E-state index in [1.807, 2.05) is 29.1 Å². The van der Waals surface area contributed by atoms with Crippen LogP contribution in [0, 0.1) is 0 Å². The summed E-state index contributed by atoms with van der Waals surface area (Å²) in [6.07, 6.45) is 12.7. The summed E-state index contributed by atoms with van der Waals surface area (Å²) < 4.78 is 12.9. The SMILES string of the molecule is COc1cc(OC)c(-c2cn3ccc(N[C@@H]4C[C@H]5CC[C@@H](C4)N5Cc4ccncc4)cc3n2)cc1Cl. The number of ether oxygens (including phenoxy) is 2. The number of piperidine rings is 1. The highest BCUT2D eigenvalue weighted by Gasteiger charge is 2.40. The van der Waals surface area contributed by atoms with Crippen LogP contribution in [0.5, 0.6) is 11.5 Å². The number of nitrogens with one attached hydrogen (secondary N) is 1. The van der Waals surface area contributed by atoms with E-state index in [1.54, 1.807) is 20.3 Å². The van der Waals surface area contributed by atoms with Crippen LogP contribution in [0.2, 0.25) is 5.02 Å². The van der Waals surface area contributed by atoms with Gasteiger partial charge in [0.25, 0.3) is 0 Å². The normalized spacial score (nSPS) is 21.6. The third-order valence-electron chi connectivity index (χ3n) is 7.58. The summed E-state index contributed by atoms with van der Waals surface area (Å²) in [5.41, 5.74) is 4.97. The maximum Gasteiger partial charge on any atom is 0.141 e. The molecule has 0 amide bonds. The quantitative estimate of drug-likeness (QED) is 0.350. The van der Waals surface area contributed by atoms with Gasteiger partial charge in [0.15, 0.2) is 0 Å². The number of imidazole rings is 1. The molecule has 3 atom stereocenters. The lowest BCUT2D eigenvalue weighted by atomic mass is 9.96. The smallest absolute Gasteiger partial charge is 0.141 e. The van der Waals surface area contributed by atoms with E-state index in [2.05, 4.69) is 45.7 Å². The second-order valence-electron chi connectivity index (χ2n) is 9.72. The molecule has 5 heterocycles. The van der Waals surface area contributed by atoms with E-state index in [1.165, 1.54) is 18.4 Å². The van der Waals surface area contributed by atoms with Gasteiger partial charge in [-0.1, -0.05) is 11.6 Å². The number of hydrogen-bond donors (Lipinski definition) is 1. The molecule has 186 valence electrons. The third-order valence-corrected chi connectivity index (χ3v) is 7.88. The van der Waals surface area contributed by atoms with E-state index in [0.29, 0.717) is 34.6 Å². The molecule has 2 fully saturated rings. The van der Waals surface area contributed by atoms with Gasteiger partial charge in [-0.2, -0.15) is 0 Å². The van der Waals surface area contributed by atoms with E-state index < -0.39 is 0 Å². The fourth-order valence-corrected chi connectivity index (χ4v) is 6.09. The first-order valence-electron chi connectivity index (χ1n) is 12.4. The van der Waals surface area contributed by atoms with E-state index in [-0.39, 0.29) is 0 Å². The monoisotopic (exact) mass is 503 g/mol. The Morgan fingerprint density at radius 2 is 1.75 bits per heavy atom. The summed E-state index contributed by atoms with van der Waals surface area (Å²) in [4.78, 5) is 11.7. The molecule has 0 unspecified atom stereocenters. The maximum absolute atomic E-state index is 6.39. The van der Waals surface area contributed by atoms with Gasteiger partial charge in [0.05, 0.1) is 24.9 Å². The summed E-state index contributed by atoms with van der Waals surface area (Å²) in [7, 11) is 3.23. The predicted octanol–water partition coefficient (Wildman–Crippen LogP) is 5.67. The van der Waals surface area contributed by atoms with Crippen molar-refractivity contribution in [3.05, 3.63) is 71.8 Å². The van der Waals surface area contributed by atoms with E-state index >= 15 is 0 Å². The zero-order chi connectivity index (χ0) is 24.6. The lowest BCUT2D eigenvalue weighted by Crippen LogP contribution is -2.46. The van der Waals surface area contributed by atoms with Gasteiger partial charge in [0.1, 0.15) is 17.1 Å². The Labute approximate surface area is 216 Å². The van der Waals surface area contributed by atoms with Gasteiger partial charge in [0, 0.05) is 72.8 Å². The zero-order valence-electron chi connectivity index (χ0n) is 20.5. The average Bonchev–Trinajstić information content (AvgIpc) is 3.41. The van der Waals surface area contributed by atoms with Crippen molar-refractivity contribution in [2.24, 2.45) is 0 Å². The van der Waals surface area contributed by atoms with Crippen molar-refractivity contribution < 1.29 is 9.47 Å². The highest BCUT2D eigenvalue weighted by atomic mass is 35.5. The van der Waals surface area contributed by atoms with Crippen molar-refractivity contribution >= 4 is 22.9 Å². The number of methoxy groups -OCH3 is 2. The number of benzene rings is 1. The average molecular weight is 504 g/mol. The molecule has 3 aromatic heterocycles. The van der Waals surface area contributed by atoms with Crippen molar-refractivity contribution in [1.82, 2.24) is 19.3 Å². The Bertz CT molecular complexity index is 1360. The predicted molar refractivity (Wildman–Crippen MR) is 142 cm³/mol. The Morgan fingerprint density at radius 3 is 2.47 bits per heavy atom. The molecule has 1 N–H and O–H groups in total. The number of anilines is 1. The van der Waals surface area contributed by atoms with Gasteiger partial charge in [0.2, 0.25) is 0 Å². The fraction of sp³-hybridized carbons (Fsp3) is 0.357. The molecule has 1 aromatic carbocycles. The molecule has 0 spiro atoms. The maximum atomic E-state index is 6.39. The molecule has 2 aliphatic heterocycles. The Morgan fingerprint density at radius 1 is 1.00 bits per heavy atom. The van der Waals surface area contributed by atoms with E-state index in [0.717, 1.165) is 42.0 Å². The molecule has 0 radical (unpaired) electrons. The zero-order valence-corrected chi connectivity index (χ0v) is 21.3. The number of hydrogen-bond acceptors (Lipinski definition) is 6. The number of halogens is 1. The molecular formula is C28H30ClN5O2. The number of nitrogens with zero attached hydrogens (tertiary/aromatic N) is 4. The Balaban J connectivity index is 1.18. The Hall–Kier alpha value is -3.29. The van der Waals surface area contributed by atoms with Gasteiger partial charge in [-0.05, 0) is 55.5 Å². The minimum absolute atomic E-state index is 0.466. The molecule has 0 aliphatic carbocycles. The van der Waals surface area contributed by atoms with Crippen LogP contribution in [-0.4, -0.2) is 51.6 Å². The molecule has 4 aromatic rings. The molecule has 2 aliphatic rings. The van der Waals surface area contributed by atoms with Gasteiger partial charge in [-0.3, -0.25) is 9.88 Å².